The standard InChI is InChI=1S/C15H30N4O2.HI/c1-15(2,3)19-13(20)10-18-14(16-4)17-8-5-9-21-11-12-6-7-12;/h12H,5-11H2,1-4H3,(H,19,20)(H2,16,17,18);1H. The normalized spacial score (nSPS) is 15.0. The molecule has 0 atom stereocenters. The van der Waals surface area contributed by atoms with E-state index in [-0.39, 0.29) is 42.0 Å². The van der Waals surface area contributed by atoms with E-state index in [1.807, 2.05) is 20.8 Å². The number of rotatable bonds is 8. The zero-order valence-electron chi connectivity index (χ0n) is 14.2. The number of carbonyl (C=O) groups is 1. The summed E-state index contributed by atoms with van der Waals surface area (Å²) in [4.78, 5) is 15.8. The molecule has 1 aliphatic rings. The van der Waals surface area contributed by atoms with E-state index in [9.17, 15) is 4.79 Å². The van der Waals surface area contributed by atoms with Gasteiger partial charge in [-0.05, 0) is 46.0 Å². The molecule has 0 unspecified atom stereocenters. The van der Waals surface area contributed by atoms with E-state index in [2.05, 4.69) is 20.9 Å². The molecule has 7 heteroatoms. The van der Waals surface area contributed by atoms with Crippen molar-refractivity contribution in [3.63, 3.8) is 0 Å². The lowest BCUT2D eigenvalue weighted by atomic mass is 10.1. The molecular weight excluding hydrogens is 395 g/mol. The molecule has 3 N–H and O–H groups in total. The molecule has 1 aliphatic carbocycles. The summed E-state index contributed by atoms with van der Waals surface area (Å²) < 4.78 is 5.56. The molecular formula is C15H31IN4O2. The number of nitrogens with zero attached hydrogens (tertiary/aromatic N) is 1. The molecule has 1 fully saturated rings. The first-order valence-corrected chi connectivity index (χ1v) is 7.74. The van der Waals surface area contributed by atoms with Crippen molar-refractivity contribution in [3.8, 4) is 0 Å². The Morgan fingerprint density at radius 1 is 1.27 bits per heavy atom. The summed E-state index contributed by atoms with van der Waals surface area (Å²) in [6, 6.07) is 0. The number of amides is 1. The van der Waals surface area contributed by atoms with Gasteiger partial charge in [-0.3, -0.25) is 9.79 Å². The van der Waals surface area contributed by atoms with Gasteiger partial charge in [-0.25, -0.2) is 0 Å². The van der Waals surface area contributed by atoms with E-state index < -0.39 is 0 Å². The highest BCUT2D eigenvalue weighted by atomic mass is 127. The fourth-order valence-electron chi connectivity index (χ4n) is 1.76. The molecule has 0 heterocycles. The smallest absolute Gasteiger partial charge is 0.239 e. The lowest BCUT2D eigenvalue weighted by Gasteiger charge is -2.21. The Balaban J connectivity index is 0.00000441. The predicted octanol–water partition coefficient (Wildman–Crippen LogP) is 1.50. The molecule has 0 spiro atoms. The Labute approximate surface area is 151 Å². The topological polar surface area (TPSA) is 74.8 Å². The SMILES string of the molecule is CN=C(NCCCOCC1CC1)NCC(=O)NC(C)(C)C.I. The fourth-order valence-corrected chi connectivity index (χ4v) is 1.76. The van der Waals surface area contributed by atoms with Gasteiger partial charge in [0.25, 0.3) is 0 Å². The third kappa shape index (κ3) is 12.0. The second-order valence-corrected chi connectivity index (χ2v) is 6.52. The van der Waals surface area contributed by atoms with Gasteiger partial charge in [0.1, 0.15) is 0 Å². The first kappa shape index (κ1) is 21.4. The number of hydrogen-bond acceptors (Lipinski definition) is 3. The summed E-state index contributed by atoms with van der Waals surface area (Å²) in [5, 5.41) is 9.06. The minimum absolute atomic E-state index is 0. The molecule has 130 valence electrons. The van der Waals surface area contributed by atoms with Crippen LogP contribution < -0.4 is 16.0 Å². The van der Waals surface area contributed by atoms with E-state index >= 15 is 0 Å². The Morgan fingerprint density at radius 2 is 1.95 bits per heavy atom. The van der Waals surface area contributed by atoms with Crippen LogP contribution in [0.5, 0.6) is 0 Å². The van der Waals surface area contributed by atoms with E-state index in [0.717, 1.165) is 32.1 Å². The molecule has 0 aromatic carbocycles. The van der Waals surface area contributed by atoms with E-state index in [1.165, 1.54) is 12.8 Å². The number of guanidine groups is 1. The Morgan fingerprint density at radius 3 is 2.50 bits per heavy atom. The number of halogens is 1. The Hall–Kier alpha value is -0.570. The van der Waals surface area contributed by atoms with E-state index in [4.69, 9.17) is 4.74 Å². The van der Waals surface area contributed by atoms with Crippen LogP contribution in [-0.2, 0) is 9.53 Å². The minimum atomic E-state index is -0.214. The van der Waals surface area contributed by atoms with Crippen molar-refractivity contribution in [1.82, 2.24) is 16.0 Å². The van der Waals surface area contributed by atoms with Crippen molar-refractivity contribution < 1.29 is 9.53 Å². The molecule has 22 heavy (non-hydrogen) atoms. The van der Waals surface area contributed by atoms with Crippen molar-refractivity contribution in [1.29, 1.82) is 0 Å². The van der Waals surface area contributed by atoms with Gasteiger partial charge in [0.15, 0.2) is 5.96 Å². The number of aliphatic imine (C=N–C) groups is 1. The maximum absolute atomic E-state index is 11.7. The largest absolute Gasteiger partial charge is 0.381 e. The van der Waals surface area contributed by atoms with Crippen molar-refractivity contribution in [2.75, 3.05) is 33.4 Å². The first-order valence-electron chi connectivity index (χ1n) is 7.74. The highest BCUT2D eigenvalue weighted by Gasteiger charge is 2.20. The molecule has 1 saturated carbocycles. The van der Waals surface area contributed by atoms with Crippen LogP contribution >= 0.6 is 24.0 Å². The summed E-state index contributed by atoms with van der Waals surface area (Å²) >= 11 is 0. The molecule has 1 rings (SSSR count). The summed E-state index contributed by atoms with van der Waals surface area (Å²) in [6.07, 6.45) is 3.58. The average Bonchev–Trinajstić information content (AvgIpc) is 3.19. The lowest BCUT2D eigenvalue weighted by molar-refractivity contribution is -0.121. The van der Waals surface area contributed by atoms with Crippen LogP contribution in [0.15, 0.2) is 4.99 Å². The van der Waals surface area contributed by atoms with Gasteiger partial charge in [-0.15, -0.1) is 24.0 Å². The van der Waals surface area contributed by atoms with Crippen LogP contribution in [0.2, 0.25) is 0 Å². The second kappa shape index (κ2) is 11.0. The van der Waals surface area contributed by atoms with Gasteiger partial charge >= 0.3 is 0 Å². The molecule has 6 nitrogen and oxygen atoms in total. The third-order valence-electron chi connectivity index (χ3n) is 2.96. The van der Waals surface area contributed by atoms with Crippen LogP contribution in [0.1, 0.15) is 40.0 Å². The molecule has 0 aliphatic heterocycles. The highest BCUT2D eigenvalue weighted by Crippen LogP contribution is 2.28. The zero-order valence-corrected chi connectivity index (χ0v) is 16.5. The van der Waals surface area contributed by atoms with Crippen LogP contribution in [0.3, 0.4) is 0 Å². The number of nitrogens with one attached hydrogen (secondary N) is 3. The highest BCUT2D eigenvalue weighted by molar-refractivity contribution is 14.0. The average molecular weight is 426 g/mol. The van der Waals surface area contributed by atoms with E-state index in [0.29, 0.717) is 5.96 Å². The fraction of sp³-hybridized carbons (Fsp3) is 0.867. The van der Waals surface area contributed by atoms with Gasteiger partial charge in [0.05, 0.1) is 6.54 Å². The van der Waals surface area contributed by atoms with Crippen LogP contribution in [-0.4, -0.2) is 50.8 Å². The second-order valence-electron chi connectivity index (χ2n) is 6.52. The molecule has 0 aromatic heterocycles. The van der Waals surface area contributed by atoms with Crippen molar-refractivity contribution in [2.45, 2.75) is 45.6 Å². The van der Waals surface area contributed by atoms with E-state index in [1.54, 1.807) is 7.05 Å². The maximum Gasteiger partial charge on any atom is 0.239 e. The molecule has 0 aromatic rings. The molecule has 0 bridgehead atoms. The summed E-state index contributed by atoms with van der Waals surface area (Å²) in [5.41, 5.74) is -0.214. The molecule has 0 radical (unpaired) electrons. The summed E-state index contributed by atoms with van der Waals surface area (Å²) in [7, 11) is 1.70. The minimum Gasteiger partial charge on any atom is -0.381 e. The van der Waals surface area contributed by atoms with Crippen molar-refractivity contribution >= 4 is 35.8 Å². The molecule has 0 saturated heterocycles. The van der Waals surface area contributed by atoms with Gasteiger partial charge in [-0.1, -0.05) is 0 Å². The lowest BCUT2D eigenvalue weighted by Crippen LogP contribution is -2.48. The van der Waals surface area contributed by atoms with Crippen LogP contribution in [0, 0.1) is 5.92 Å². The third-order valence-corrected chi connectivity index (χ3v) is 2.96. The van der Waals surface area contributed by atoms with Crippen LogP contribution in [0.25, 0.3) is 0 Å². The summed E-state index contributed by atoms with van der Waals surface area (Å²) in [6.45, 7) is 8.55. The Kier molecular flexibility index (Phi) is 10.8. The first-order chi connectivity index (χ1) is 9.90. The van der Waals surface area contributed by atoms with Gasteiger partial charge in [0, 0.05) is 32.3 Å². The van der Waals surface area contributed by atoms with Gasteiger partial charge in [0.2, 0.25) is 5.91 Å². The number of hydrogen-bond donors (Lipinski definition) is 3. The van der Waals surface area contributed by atoms with Crippen molar-refractivity contribution in [2.24, 2.45) is 10.9 Å². The number of carbonyl (C=O) groups excluding carboxylic acids is 1. The zero-order chi connectivity index (χ0) is 15.7. The quantitative estimate of drug-likeness (QED) is 0.238. The maximum atomic E-state index is 11.7. The molecule has 1 amide bonds. The number of ether oxygens (including phenoxy) is 1. The Bertz CT molecular complexity index is 352. The van der Waals surface area contributed by atoms with Gasteiger partial charge < -0.3 is 20.7 Å². The predicted molar refractivity (Wildman–Crippen MR) is 101 cm³/mol. The summed E-state index contributed by atoms with van der Waals surface area (Å²) in [5.74, 6) is 1.41. The monoisotopic (exact) mass is 426 g/mol. The van der Waals surface area contributed by atoms with Crippen molar-refractivity contribution in [3.05, 3.63) is 0 Å². The van der Waals surface area contributed by atoms with Gasteiger partial charge in [-0.2, -0.15) is 0 Å². The van der Waals surface area contributed by atoms with Crippen LogP contribution in [0.4, 0.5) is 0 Å².